The van der Waals surface area contributed by atoms with Crippen molar-refractivity contribution in [1.29, 1.82) is 0 Å². The van der Waals surface area contributed by atoms with Gasteiger partial charge in [0.15, 0.2) is 5.82 Å². The van der Waals surface area contributed by atoms with Crippen LogP contribution in [0.25, 0.3) is 16.3 Å². The highest BCUT2D eigenvalue weighted by Gasteiger charge is 2.14. The van der Waals surface area contributed by atoms with Crippen LogP contribution in [-0.2, 0) is 6.42 Å². The summed E-state index contributed by atoms with van der Waals surface area (Å²) in [5.74, 6) is -0.0582. The number of thiophene rings is 1. The van der Waals surface area contributed by atoms with Gasteiger partial charge in [0.2, 0.25) is 4.96 Å². The van der Waals surface area contributed by atoms with Crippen LogP contribution in [0.2, 0.25) is 0 Å². The van der Waals surface area contributed by atoms with Crippen LogP contribution in [0.4, 0.5) is 4.39 Å². The quantitative estimate of drug-likeness (QED) is 0.582. The lowest BCUT2D eigenvalue weighted by Gasteiger charge is -2.02. The van der Waals surface area contributed by atoms with Crippen LogP contribution in [-0.4, -0.2) is 27.0 Å². The highest BCUT2D eigenvalue weighted by molar-refractivity contribution is 7.15. The van der Waals surface area contributed by atoms with Gasteiger partial charge in [0, 0.05) is 29.3 Å². The van der Waals surface area contributed by atoms with Crippen molar-refractivity contribution in [3.8, 4) is 11.4 Å². The fourth-order valence-electron chi connectivity index (χ4n) is 2.45. The van der Waals surface area contributed by atoms with Crippen LogP contribution in [0.5, 0.6) is 0 Å². The fourth-order valence-corrected chi connectivity index (χ4v) is 3.95. The van der Waals surface area contributed by atoms with Crippen molar-refractivity contribution < 1.29 is 9.18 Å². The summed E-state index contributed by atoms with van der Waals surface area (Å²) in [5.41, 5.74) is 1.99. The first-order valence-corrected chi connectivity index (χ1v) is 9.43. The van der Waals surface area contributed by atoms with E-state index in [1.165, 1.54) is 28.7 Å². The maximum Gasteiger partial charge on any atom is 0.252 e. The summed E-state index contributed by atoms with van der Waals surface area (Å²) in [6.07, 6.45) is 0.621. The molecule has 0 aliphatic rings. The molecule has 3 aromatic heterocycles. The van der Waals surface area contributed by atoms with Gasteiger partial charge >= 0.3 is 0 Å². The third kappa shape index (κ3) is 3.18. The molecule has 0 radical (unpaired) electrons. The Kier molecular flexibility index (Phi) is 4.29. The average Bonchev–Trinajstić information content (AvgIpc) is 3.33. The molecule has 126 valence electrons. The average molecular weight is 372 g/mol. The highest BCUT2D eigenvalue weighted by atomic mass is 32.1. The van der Waals surface area contributed by atoms with E-state index in [4.69, 9.17) is 0 Å². The van der Waals surface area contributed by atoms with Crippen LogP contribution >= 0.6 is 22.7 Å². The lowest BCUT2D eigenvalue weighted by atomic mass is 10.2. The first-order chi connectivity index (χ1) is 12.2. The third-order valence-electron chi connectivity index (χ3n) is 3.71. The maximum absolute atomic E-state index is 13.9. The fraction of sp³-hybridized carbons (Fsp3) is 0.118. The topological polar surface area (TPSA) is 59.3 Å². The summed E-state index contributed by atoms with van der Waals surface area (Å²) >= 11 is 2.94. The Morgan fingerprint density at radius 1 is 1.24 bits per heavy atom. The van der Waals surface area contributed by atoms with E-state index in [0.29, 0.717) is 34.9 Å². The Balaban J connectivity index is 1.49. The molecule has 0 spiro atoms. The van der Waals surface area contributed by atoms with Crippen molar-refractivity contribution in [2.24, 2.45) is 0 Å². The number of hydrogen-bond acceptors (Lipinski definition) is 5. The Morgan fingerprint density at radius 3 is 2.92 bits per heavy atom. The Hall–Kier alpha value is -2.58. The molecular formula is C17H13FN4OS2. The first-order valence-electron chi connectivity index (χ1n) is 7.61. The molecule has 0 aliphatic carbocycles. The lowest BCUT2D eigenvalue weighted by molar-refractivity contribution is 0.0954. The van der Waals surface area contributed by atoms with Gasteiger partial charge in [-0.25, -0.2) is 8.91 Å². The SMILES string of the molecule is O=C(NCCc1csc2nc(-c3ccccc3F)nn12)c1ccsc1. The molecule has 1 aromatic carbocycles. The summed E-state index contributed by atoms with van der Waals surface area (Å²) in [6, 6.07) is 8.25. The second-order valence-corrected chi connectivity index (χ2v) is 6.97. The van der Waals surface area contributed by atoms with Crippen molar-refractivity contribution >= 4 is 33.5 Å². The predicted molar refractivity (Wildman–Crippen MR) is 96.6 cm³/mol. The van der Waals surface area contributed by atoms with Crippen molar-refractivity contribution in [2.75, 3.05) is 6.54 Å². The molecule has 25 heavy (non-hydrogen) atoms. The number of nitrogens with one attached hydrogen (secondary N) is 1. The van der Waals surface area contributed by atoms with E-state index >= 15 is 0 Å². The number of carbonyl (C=O) groups is 1. The number of benzene rings is 1. The molecule has 3 heterocycles. The number of amides is 1. The van der Waals surface area contributed by atoms with Crippen LogP contribution in [0.3, 0.4) is 0 Å². The minimum Gasteiger partial charge on any atom is -0.352 e. The summed E-state index contributed by atoms with van der Waals surface area (Å²) in [7, 11) is 0. The second kappa shape index (κ2) is 6.73. The molecule has 0 saturated carbocycles. The van der Waals surface area contributed by atoms with E-state index in [9.17, 15) is 9.18 Å². The number of hydrogen-bond donors (Lipinski definition) is 1. The molecule has 0 saturated heterocycles. The molecule has 1 amide bonds. The van der Waals surface area contributed by atoms with E-state index in [1.54, 1.807) is 28.8 Å². The largest absolute Gasteiger partial charge is 0.352 e. The van der Waals surface area contributed by atoms with E-state index in [1.807, 2.05) is 16.1 Å². The number of nitrogens with zero attached hydrogens (tertiary/aromatic N) is 3. The van der Waals surface area contributed by atoms with Crippen LogP contribution in [0, 0.1) is 5.82 Å². The standard InChI is InChI=1S/C17H13FN4OS2/c18-14-4-2-1-3-13(14)15-20-17-22(21-15)12(10-25-17)5-7-19-16(23)11-6-8-24-9-11/h1-4,6,8-10H,5,7H2,(H,19,23). The number of thiazole rings is 1. The number of halogens is 1. The Labute approximate surface area is 150 Å². The van der Waals surface area contributed by atoms with Crippen molar-refractivity contribution in [3.63, 3.8) is 0 Å². The summed E-state index contributed by atoms with van der Waals surface area (Å²) in [4.78, 5) is 17.0. The predicted octanol–water partition coefficient (Wildman–Crippen LogP) is 3.63. The van der Waals surface area contributed by atoms with E-state index in [0.717, 1.165) is 5.69 Å². The van der Waals surface area contributed by atoms with Gasteiger partial charge in [-0.3, -0.25) is 4.79 Å². The van der Waals surface area contributed by atoms with E-state index in [-0.39, 0.29) is 11.7 Å². The molecule has 0 unspecified atom stereocenters. The van der Waals surface area contributed by atoms with Gasteiger partial charge in [0.1, 0.15) is 5.82 Å². The molecule has 4 aromatic rings. The van der Waals surface area contributed by atoms with Crippen molar-refractivity contribution in [1.82, 2.24) is 19.9 Å². The molecule has 4 rings (SSSR count). The smallest absolute Gasteiger partial charge is 0.252 e. The van der Waals surface area contributed by atoms with E-state index < -0.39 is 0 Å². The lowest BCUT2D eigenvalue weighted by Crippen LogP contribution is -2.25. The monoisotopic (exact) mass is 372 g/mol. The molecule has 5 nitrogen and oxygen atoms in total. The summed E-state index contributed by atoms with van der Waals surface area (Å²) < 4.78 is 15.6. The van der Waals surface area contributed by atoms with Gasteiger partial charge in [0.25, 0.3) is 5.91 Å². The molecule has 1 N–H and O–H groups in total. The van der Waals surface area contributed by atoms with Crippen LogP contribution < -0.4 is 5.32 Å². The van der Waals surface area contributed by atoms with Crippen molar-refractivity contribution in [3.05, 3.63) is 63.5 Å². The number of aromatic nitrogens is 3. The minimum absolute atomic E-state index is 0.0849. The molecule has 8 heteroatoms. The Morgan fingerprint density at radius 2 is 2.12 bits per heavy atom. The normalized spacial score (nSPS) is 11.1. The minimum atomic E-state index is -0.342. The number of rotatable bonds is 5. The molecule has 0 bridgehead atoms. The van der Waals surface area contributed by atoms with Crippen LogP contribution in [0.1, 0.15) is 16.1 Å². The van der Waals surface area contributed by atoms with Gasteiger partial charge in [-0.05, 0) is 23.6 Å². The Bertz CT molecular complexity index is 1020. The number of fused-ring (bicyclic) bond motifs is 1. The van der Waals surface area contributed by atoms with Gasteiger partial charge in [-0.1, -0.05) is 12.1 Å². The molecule has 0 fully saturated rings. The summed E-state index contributed by atoms with van der Waals surface area (Å²) in [6.45, 7) is 0.495. The summed E-state index contributed by atoms with van der Waals surface area (Å²) in [5, 5.41) is 12.9. The zero-order chi connectivity index (χ0) is 17.2. The molecule has 0 atom stereocenters. The van der Waals surface area contributed by atoms with E-state index in [2.05, 4.69) is 15.4 Å². The zero-order valence-corrected chi connectivity index (χ0v) is 14.6. The molecular weight excluding hydrogens is 359 g/mol. The second-order valence-electron chi connectivity index (χ2n) is 5.35. The molecule has 0 aliphatic heterocycles. The third-order valence-corrected chi connectivity index (χ3v) is 5.26. The zero-order valence-electron chi connectivity index (χ0n) is 13.0. The van der Waals surface area contributed by atoms with Gasteiger partial charge < -0.3 is 5.32 Å². The van der Waals surface area contributed by atoms with Gasteiger partial charge in [-0.2, -0.15) is 16.3 Å². The van der Waals surface area contributed by atoms with Crippen LogP contribution in [0.15, 0.2) is 46.5 Å². The maximum atomic E-state index is 13.9. The van der Waals surface area contributed by atoms with Crippen molar-refractivity contribution in [2.45, 2.75) is 6.42 Å². The number of carbonyl (C=O) groups excluding carboxylic acids is 1. The first kappa shape index (κ1) is 15.9. The van der Waals surface area contributed by atoms with Gasteiger partial charge in [0.05, 0.1) is 11.3 Å². The van der Waals surface area contributed by atoms with Gasteiger partial charge in [-0.15, -0.1) is 16.4 Å². The highest BCUT2D eigenvalue weighted by Crippen LogP contribution is 2.23.